The summed E-state index contributed by atoms with van der Waals surface area (Å²) in [6.45, 7) is 5.70. The summed E-state index contributed by atoms with van der Waals surface area (Å²) >= 11 is 1.72. The predicted molar refractivity (Wildman–Crippen MR) is 72.8 cm³/mol. The number of hydrogen-bond acceptors (Lipinski definition) is 4. The Morgan fingerprint density at radius 2 is 2.24 bits per heavy atom. The Morgan fingerprint density at radius 3 is 2.94 bits per heavy atom. The normalized spacial score (nSPS) is 23.5. The van der Waals surface area contributed by atoms with E-state index in [2.05, 4.69) is 23.3 Å². The van der Waals surface area contributed by atoms with E-state index < -0.39 is 0 Å². The number of rotatable bonds is 1. The number of nitrogens with two attached hydrogens (primary N) is 1. The van der Waals surface area contributed by atoms with Crippen LogP contribution in [-0.4, -0.2) is 35.9 Å². The molecule has 2 aliphatic rings. The molecule has 0 saturated carbocycles. The summed E-state index contributed by atoms with van der Waals surface area (Å²) in [6, 6.07) is 2.22. The molecule has 1 aromatic heterocycles. The molecule has 1 saturated heterocycles. The molecule has 0 aromatic carbocycles. The number of piperidine rings is 1. The first-order valence-electron chi connectivity index (χ1n) is 6.37. The molecule has 92 valence electrons. The zero-order valence-corrected chi connectivity index (χ0v) is 11.1. The monoisotopic (exact) mass is 249 g/mol. The summed E-state index contributed by atoms with van der Waals surface area (Å²) in [5.41, 5.74) is 7.62. The van der Waals surface area contributed by atoms with E-state index in [0.29, 0.717) is 0 Å². The van der Waals surface area contributed by atoms with Gasteiger partial charge in [0.2, 0.25) is 0 Å². The molecule has 1 aromatic rings. The fourth-order valence-electron chi connectivity index (χ4n) is 2.97. The molecule has 0 amide bonds. The maximum atomic E-state index is 6.11. The lowest BCUT2D eigenvalue weighted by molar-refractivity contribution is 0.168. The van der Waals surface area contributed by atoms with Crippen LogP contribution in [0, 0.1) is 0 Å². The van der Waals surface area contributed by atoms with E-state index >= 15 is 0 Å². The fraction of sp³-hybridized carbons (Fsp3) is 0.615. The summed E-state index contributed by atoms with van der Waals surface area (Å²) < 4.78 is 0. The number of thiophene rings is 1. The topological polar surface area (TPSA) is 41.6 Å². The van der Waals surface area contributed by atoms with Gasteiger partial charge in [-0.1, -0.05) is 6.92 Å². The van der Waals surface area contributed by atoms with Gasteiger partial charge < -0.3 is 10.6 Å². The van der Waals surface area contributed by atoms with E-state index in [4.69, 9.17) is 10.7 Å². The van der Waals surface area contributed by atoms with Crippen molar-refractivity contribution < 1.29 is 0 Å². The van der Waals surface area contributed by atoms with Gasteiger partial charge in [-0.3, -0.25) is 4.99 Å². The van der Waals surface area contributed by atoms with Crippen molar-refractivity contribution >= 4 is 17.2 Å². The molecule has 0 radical (unpaired) electrons. The van der Waals surface area contributed by atoms with Crippen LogP contribution in [0.15, 0.2) is 16.4 Å². The van der Waals surface area contributed by atoms with Gasteiger partial charge in [0.05, 0.1) is 10.4 Å². The third-order valence-corrected chi connectivity index (χ3v) is 5.07. The summed E-state index contributed by atoms with van der Waals surface area (Å²) in [5, 5.41) is 2.13. The second-order valence-corrected chi connectivity index (χ2v) is 6.02. The molecular formula is C13H19N3S. The molecular weight excluding hydrogens is 230 g/mol. The number of fused-ring (bicyclic) bond motifs is 1. The third kappa shape index (κ3) is 1.89. The molecule has 0 atom stereocenters. The van der Waals surface area contributed by atoms with Crippen molar-refractivity contribution in [1.29, 1.82) is 0 Å². The fourth-order valence-corrected chi connectivity index (χ4v) is 3.80. The van der Waals surface area contributed by atoms with Gasteiger partial charge in [0.1, 0.15) is 5.84 Å². The maximum Gasteiger partial charge on any atom is 0.136 e. The molecule has 3 rings (SSSR count). The average molecular weight is 249 g/mol. The standard InChI is InChI=1S/C13H19N3S/c1-2-16-6-4-13(5-7-16)9-10-3-8-17-11(10)12(14)15-13/h3,8H,2,4-7,9H2,1H3,(H2,14,15). The van der Waals surface area contributed by atoms with Crippen molar-refractivity contribution in [2.75, 3.05) is 19.6 Å². The van der Waals surface area contributed by atoms with E-state index in [-0.39, 0.29) is 5.54 Å². The Morgan fingerprint density at radius 1 is 1.47 bits per heavy atom. The first kappa shape index (κ1) is 11.2. The van der Waals surface area contributed by atoms with E-state index in [1.54, 1.807) is 11.3 Å². The van der Waals surface area contributed by atoms with Crippen LogP contribution >= 0.6 is 11.3 Å². The van der Waals surface area contributed by atoms with Gasteiger partial charge >= 0.3 is 0 Å². The van der Waals surface area contributed by atoms with E-state index in [9.17, 15) is 0 Å². The van der Waals surface area contributed by atoms with Gasteiger partial charge in [-0.15, -0.1) is 11.3 Å². The molecule has 0 unspecified atom stereocenters. The quantitative estimate of drug-likeness (QED) is 0.825. The van der Waals surface area contributed by atoms with Gasteiger partial charge in [0.15, 0.2) is 0 Å². The summed E-state index contributed by atoms with van der Waals surface area (Å²) in [4.78, 5) is 8.54. The number of likely N-dealkylation sites (tertiary alicyclic amines) is 1. The van der Waals surface area contributed by atoms with Crippen molar-refractivity contribution in [1.82, 2.24) is 4.90 Å². The Labute approximate surface area is 106 Å². The third-order valence-electron chi connectivity index (χ3n) is 4.09. The largest absolute Gasteiger partial charge is 0.383 e. The molecule has 2 aliphatic heterocycles. The van der Waals surface area contributed by atoms with Crippen molar-refractivity contribution in [3.63, 3.8) is 0 Å². The van der Waals surface area contributed by atoms with E-state index in [1.165, 1.54) is 10.4 Å². The zero-order valence-electron chi connectivity index (χ0n) is 10.3. The second-order valence-electron chi connectivity index (χ2n) is 5.11. The summed E-state index contributed by atoms with van der Waals surface area (Å²) in [5.74, 6) is 0.770. The maximum absolute atomic E-state index is 6.11. The Kier molecular flexibility index (Phi) is 2.71. The highest BCUT2D eigenvalue weighted by atomic mass is 32.1. The van der Waals surface area contributed by atoms with Crippen molar-refractivity contribution in [2.24, 2.45) is 10.7 Å². The molecule has 1 fully saturated rings. The lowest BCUT2D eigenvalue weighted by Crippen LogP contribution is -2.47. The van der Waals surface area contributed by atoms with Crippen LogP contribution in [0.5, 0.6) is 0 Å². The highest BCUT2D eigenvalue weighted by Gasteiger charge is 2.37. The molecule has 4 heteroatoms. The number of hydrogen-bond donors (Lipinski definition) is 1. The van der Waals surface area contributed by atoms with Crippen LogP contribution in [0.4, 0.5) is 0 Å². The Bertz CT molecular complexity index is 441. The minimum atomic E-state index is 0.101. The van der Waals surface area contributed by atoms with Gasteiger partial charge in [0.25, 0.3) is 0 Å². The van der Waals surface area contributed by atoms with Gasteiger partial charge in [0, 0.05) is 13.1 Å². The van der Waals surface area contributed by atoms with Gasteiger partial charge in [-0.05, 0) is 42.8 Å². The van der Waals surface area contributed by atoms with Crippen LogP contribution < -0.4 is 5.73 Å². The Balaban J connectivity index is 1.85. The van der Waals surface area contributed by atoms with Crippen LogP contribution in [-0.2, 0) is 6.42 Å². The van der Waals surface area contributed by atoms with Crippen LogP contribution in [0.2, 0.25) is 0 Å². The van der Waals surface area contributed by atoms with E-state index in [1.807, 2.05) is 0 Å². The Hall–Kier alpha value is -0.870. The number of aliphatic imine (C=N–C) groups is 1. The van der Waals surface area contributed by atoms with E-state index in [0.717, 1.165) is 44.7 Å². The van der Waals surface area contributed by atoms with Crippen molar-refractivity contribution in [3.8, 4) is 0 Å². The highest BCUT2D eigenvalue weighted by molar-refractivity contribution is 7.12. The van der Waals surface area contributed by atoms with Crippen molar-refractivity contribution in [3.05, 3.63) is 21.9 Å². The van der Waals surface area contributed by atoms with Crippen LogP contribution in [0.1, 0.15) is 30.2 Å². The number of amidine groups is 1. The summed E-state index contributed by atoms with van der Waals surface area (Å²) in [7, 11) is 0. The van der Waals surface area contributed by atoms with Crippen molar-refractivity contribution in [2.45, 2.75) is 31.7 Å². The minimum absolute atomic E-state index is 0.101. The minimum Gasteiger partial charge on any atom is -0.383 e. The molecule has 2 N–H and O–H groups in total. The number of nitrogens with zero attached hydrogens (tertiary/aromatic N) is 2. The van der Waals surface area contributed by atoms with Crippen LogP contribution in [0.25, 0.3) is 0 Å². The molecule has 3 heterocycles. The zero-order chi connectivity index (χ0) is 11.9. The first-order chi connectivity index (χ1) is 8.22. The smallest absolute Gasteiger partial charge is 0.136 e. The predicted octanol–water partition coefficient (Wildman–Crippen LogP) is 1.86. The molecule has 3 nitrogen and oxygen atoms in total. The highest BCUT2D eigenvalue weighted by Crippen LogP contribution is 2.36. The lowest BCUT2D eigenvalue weighted by Gasteiger charge is -2.40. The molecule has 1 spiro atoms. The summed E-state index contributed by atoms with van der Waals surface area (Å²) in [6.07, 6.45) is 3.39. The lowest BCUT2D eigenvalue weighted by atomic mass is 9.81. The van der Waals surface area contributed by atoms with Crippen LogP contribution in [0.3, 0.4) is 0 Å². The average Bonchev–Trinajstić information content (AvgIpc) is 2.78. The molecule has 0 aliphatic carbocycles. The van der Waals surface area contributed by atoms with Gasteiger partial charge in [-0.2, -0.15) is 0 Å². The molecule has 17 heavy (non-hydrogen) atoms. The molecule has 0 bridgehead atoms. The first-order valence-corrected chi connectivity index (χ1v) is 7.25. The SMILES string of the molecule is CCN1CCC2(CC1)Cc1ccsc1C(N)=N2. The second kappa shape index (κ2) is 4.10. The van der Waals surface area contributed by atoms with Gasteiger partial charge in [-0.25, -0.2) is 0 Å².